The van der Waals surface area contributed by atoms with Crippen LogP contribution in [0.2, 0.25) is 0 Å². The first kappa shape index (κ1) is 90.7. The number of carboxylic acid groups (broad SMARTS) is 1. The summed E-state index contributed by atoms with van der Waals surface area (Å²) in [5.74, 6) is -5.93. The van der Waals surface area contributed by atoms with Crippen molar-refractivity contribution in [3.8, 4) is 22.3 Å². The highest BCUT2D eigenvalue weighted by atomic mass is 16.8. The van der Waals surface area contributed by atoms with Crippen LogP contribution < -0.4 is 10.6 Å². The van der Waals surface area contributed by atoms with Gasteiger partial charge >= 0.3 is 48.1 Å². The fraction of sp³-hybridized carbons (Fsp3) is 0.395. The summed E-state index contributed by atoms with van der Waals surface area (Å²) in [7, 11) is 0. The lowest BCUT2D eigenvalue weighted by Gasteiger charge is -2.19. The molecule has 2 fully saturated rings. The molecule has 0 bridgehead atoms. The number of nitrogens with zero attached hydrogens (tertiary/aromatic N) is 2. The Balaban J connectivity index is 0.000000322. The Labute approximate surface area is 671 Å². The zero-order valence-electron chi connectivity index (χ0n) is 66.3. The van der Waals surface area contributed by atoms with E-state index in [4.69, 9.17) is 58.6 Å². The maximum atomic E-state index is 14.2. The van der Waals surface area contributed by atoms with Crippen LogP contribution in [0, 0.1) is 22.7 Å². The number of aliphatic hydroxyl groups excluding tert-OH is 2. The number of ether oxygens (including phenoxy) is 9. The molecular weight excluding hydrogens is 1500 g/mol. The number of carbonyl (C=O) groups is 12. The molecule has 30 nitrogen and oxygen atoms in total. The van der Waals surface area contributed by atoms with Crippen LogP contribution in [-0.4, -0.2) is 165 Å². The first-order chi connectivity index (χ1) is 55.0. The predicted octanol–water partition coefficient (Wildman–Crippen LogP) is 12.6. The molecule has 0 saturated heterocycles. The van der Waals surface area contributed by atoms with Gasteiger partial charge in [0.05, 0.1) is 51.5 Å². The minimum absolute atomic E-state index is 0.00224. The number of carboxylic acids is 1. The molecule has 2 aliphatic rings. The lowest BCUT2D eigenvalue weighted by atomic mass is 9.89. The second-order valence-electron chi connectivity index (χ2n) is 29.0. The molecule has 8 rings (SSSR count). The van der Waals surface area contributed by atoms with Gasteiger partial charge in [-0.1, -0.05) is 73.8 Å². The molecule has 2 saturated carbocycles. The summed E-state index contributed by atoms with van der Waals surface area (Å²) in [6, 6.07) is 24.8. The summed E-state index contributed by atoms with van der Waals surface area (Å²) >= 11 is 0. The van der Waals surface area contributed by atoms with Crippen LogP contribution in [-0.2, 0) is 87.9 Å². The molecule has 7 N–H and O–H groups in total. The topological polar surface area (TPSA) is 446 Å². The van der Waals surface area contributed by atoms with Crippen LogP contribution in [0.4, 0.5) is 9.59 Å². The Morgan fingerprint density at radius 3 is 1.22 bits per heavy atom. The number of hydrogen-bond donors (Lipinski definition) is 7. The minimum atomic E-state index is -1.42. The number of nitrogens with one attached hydrogen (secondary N) is 4. The number of esters is 5. The third kappa shape index (κ3) is 28.9. The number of ketones is 2. The van der Waals surface area contributed by atoms with E-state index in [9.17, 15) is 67.7 Å². The van der Waals surface area contributed by atoms with E-state index in [0.29, 0.717) is 69.4 Å². The van der Waals surface area contributed by atoms with Crippen molar-refractivity contribution in [2.45, 2.75) is 183 Å². The van der Waals surface area contributed by atoms with Crippen LogP contribution in [0.25, 0.3) is 34.4 Å². The monoisotopic (exact) mass is 1600 g/mol. The predicted molar refractivity (Wildman–Crippen MR) is 422 cm³/mol. The van der Waals surface area contributed by atoms with E-state index in [1.165, 1.54) is 68.5 Å². The molecule has 116 heavy (non-hydrogen) atoms. The maximum Gasteiger partial charge on any atom is 0.511 e. The molecule has 4 aromatic carbocycles. The third-order valence-electron chi connectivity index (χ3n) is 17.4. The first-order valence-corrected chi connectivity index (χ1v) is 37.8. The van der Waals surface area contributed by atoms with Gasteiger partial charge in [0.15, 0.2) is 23.0 Å². The lowest BCUT2D eigenvalue weighted by molar-refractivity contribution is -0.156. The highest BCUT2D eigenvalue weighted by Crippen LogP contribution is 2.36. The van der Waals surface area contributed by atoms with Gasteiger partial charge in [-0.05, 0) is 203 Å². The van der Waals surface area contributed by atoms with E-state index in [2.05, 4.69) is 33.8 Å². The molecule has 0 spiro atoms. The Morgan fingerprint density at radius 1 is 0.509 bits per heavy atom. The Morgan fingerprint density at radius 2 is 0.888 bits per heavy atom. The standard InChI is InChI=1S/C45H53N3O12.C41H45N3O12/c1-8-30-21-35(38(50)20-28-13-15-31(16-14-28)36(46)23-40(52)56-19-9-10-39(51)60-45(5,6)7)34(22-32(30)25-49)33-17-18-37(42(53)47-24-29-11-12-29)48-41(33)43(54)58-27(4)59-44(55)57-26(2)3;1-5-27-18-32(35(46)17-25-10-12-28(13-11-25)33(42)20-37(49)53-16-6-7-36(47)48)31(19-29(27)22-45)30-14-15-34(39(50)43-21-26-8-9-26)44-38(30)40(51)55-24(4)56-41(52)54-23(2)3/h8,13-18,21-22,26-27,29,46,49H,1,9-12,19-20,23-25H2,2-7H3,(H,47,53);5,10-15,18-19,23-24,26,42,45H,1,6-9,16-17,20-22H2,2-4H3,(H,43,50)(H,47,48). The zero-order chi connectivity index (χ0) is 85.1. The third-order valence-corrected chi connectivity index (χ3v) is 17.4. The second-order valence-corrected chi connectivity index (χ2v) is 29.0. The molecule has 6 aromatic rings. The molecule has 0 radical (unpaired) electrons. The van der Waals surface area contributed by atoms with Crippen LogP contribution in [0.1, 0.15) is 234 Å². The molecule has 2 aliphatic carbocycles. The number of rotatable bonds is 40. The lowest BCUT2D eigenvalue weighted by Crippen LogP contribution is -2.28. The number of benzene rings is 4. The normalized spacial score (nSPS) is 12.7. The van der Waals surface area contributed by atoms with Gasteiger partial charge in [0.2, 0.25) is 12.6 Å². The van der Waals surface area contributed by atoms with Crippen molar-refractivity contribution in [1.29, 1.82) is 10.8 Å². The van der Waals surface area contributed by atoms with Gasteiger partial charge < -0.3 is 79.4 Å². The molecule has 616 valence electrons. The van der Waals surface area contributed by atoms with Gasteiger partial charge in [-0.25, -0.2) is 29.1 Å². The zero-order valence-corrected chi connectivity index (χ0v) is 66.3. The summed E-state index contributed by atoms with van der Waals surface area (Å²) in [5.41, 5.74) is 2.99. The van der Waals surface area contributed by atoms with Gasteiger partial charge in [-0.15, -0.1) is 0 Å². The van der Waals surface area contributed by atoms with Crippen molar-refractivity contribution < 1.29 is 115 Å². The molecule has 2 aromatic heterocycles. The highest BCUT2D eigenvalue weighted by molar-refractivity contribution is 6.11. The van der Waals surface area contributed by atoms with Gasteiger partial charge in [0.25, 0.3) is 11.8 Å². The van der Waals surface area contributed by atoms with E-state index in [0.717, 1.165) is 25.7 Å². The largest absolute Gasteiger partial charge is 0.511 e. The van der Waals surface area contributed by atoms with Crippen molar-refractivity contribution in [3.05, 3.63) is 189 Å². The van der Waals surface area contributed by atoms with E-state index in [1.807, 2.05) is 0 Å². The van der Waals surface area contributed by atoms with Gasteiger partial charge in [0, 0.05) is 86.3 Å². The second kappa shape index (κ2) is 43.2. The fourth-order valence-corrected chi connectivity index (χ4v) is 11.3. The quantitative estimate of drug-likeness (QED) is 0.00469. The van der Waals surface area contributed by atoms with Crippen molar-refractivity contribution in [3.63, 3.8) is 0 Å². The Bertz CT molecular complexity index is 4670. The average molecular weight is 1600 g/mol. The summed E-state index contributed by atoms with van der Waals surface area (Å²) in [5, 5.41) is 51.6. The number of amides is 2. The molecule has 2 unspecified atom stereocenters. The summed E-state index contributed by atoms with van der Waals surface area (Å²) in [4.78, 5) is 162. The van der Waals surface area contributed by atoms with Crippen LogP contribution in [0.5, 0.6) is 0 Å². The van der Waals surface area contributed by atoms with E-state index < -0.39 is 115 Å². The van der Waals surface area contributed by atoms with E-state index in [-0.39, 0.29) is 132 Å². The van der Waals surface area contributed by atoms with E-state index in [1.54, 1.807) is 103 Å². The molecule has 2 atom stereocenters. The SMILES string of the molecule is C=Cc1cc(C(=O)Cc2ccc(C(=N)CC(=O)OCCCC(=O)O)cc2)c(-c2ccc(C(=O)NCC3CC3)nc2C(=O)OC(C)OC(=O)OC(C)C)cc1CO.C=Cc1cc(C(=O)Cc2ccc(C(=N)CC(=O)OCCCC(=O)OC(C)(C)C)cc2)c(-c2ccc(C(=O)NCC3CC3)nc2C(=O)OC(C)OC(=O)OC(C)C)cc1CO. The molecule has 30 heteroatoms. The molecular formula is C86H98N6O24. The first-order valence-electron chi connectivity index (χ1n) is 37.8. The van der Waals surface area contributed by atoms with Gasteiger partial charge in [0.1, 0.15) is 17.0 Å². The maximum absolute atomic E-state index is 14.2. The molecule has 2 amide bonds. The van der Waals surface area contributed by atoms with Crippen LogP contribution in [0.15, 0.2) is 110 Å². The number of carbonyl (C=O) groups excluding carboxylic acids is 11. The fourth-order valence-electron chi connectivity index (χ4n) is 11.3. The van der Waals surface area contributed by atoms with Gasteiger partial charge in [-0.3, -0.25) is 38.4 Å². The number of hydrogen-bond acceptors (Lipinski definition) is 27. The Hall–Kier alpha value is -12.4. The van der Waals surface area contributed by atoms with Crippen molar-refractivity contribution in [2.24, 2.45) is 11.8 Å². The number of pyridine rings is 2. The highest BCUT2D eigenvalue weighted by Gasteiger charge is 2.32. The number of Topliss-reactive ketones (excluding diaryl/α,β-unsaturated/α-hetero) is 2. The molecule has 2 heterocycles. The number of aliphatic carboxylic acids is 1. The summed E-state index contributed by atoms with van der Waals surface area (Å²) < 4.78 is 46.3. The van der Waals surface area contributed by atoms with Crippen LogP contribution in [0.3, 0.4) is 0 Å². The number of aliphatic hydroxyl groups is 2. The minimum Gasteiger partial charge on any atom is -0.481 e. The summed E-state index contributed by atoms with van der Waals surface area (Å²) in [6.45, 7) is 21.9. The van der Waals surface area contributed by atoms with Crippen molar-refractivity contribution >= 4 is 95.1 Å². The average Bonchev–Trinajstić information content (AvgIpc) is 1.07. The van der Waals surface area contributed by atoms with Crippen molar-refractivity contribution in [2.75, 3.05) is 26.3 Å². The van der Waals surface area contributed by atoms with E-state index >= 15 is 0 Å². The summed E-state index contributed by atoms with van der Waals surface area (Å²) in [6.07, 6.45) is 0.449. The van der Waals surface area contributed by atoms with Crippen molar-refractivity contribution in [1.82, 2.24) is 20.6 Å². The Kier molecular flexibility index (Phi) is 33.8. The van der Waals surface area contributed by atoms with Gasteiger partial charge in [-0.2, -0.15) is 0 Å². The molecule has 0 aliphatic heterocycles. The smallest absolute Gasteiger partial charge is 0.481 e. The number of aromatic nitrogens is 2. The van der Waals surface area contributed by atoms with Crippen LogP contribution >= 0.6 is 0 Å².